The molecule has 0 spiro atoms. The molecule has 6 nitrogen and oxygen atoms in total. The van der Waals surface area contributed by atoms with Crippen molar-refractivity contribution >= 4 is 28.9 Å². The van der Waals surface area contributed by atoms with Crippen LogP contribution in [0.15, 0.2) is 72.9 Å². The van der Waals surface area contributed by atoms with E-state index in [-0.39, 0.29) is 18.0 Å². The summed E-state index contributed by atoms with van der Waals surface area (Å²) in [6.07, 6.45) is 2.13. The second kappa shape index (κ2) is 11.0. The molecule has 1 fully saturated rings. The van der Waals surface area contributed by atoms with Gasteiger partial charge in [-0.1, -0.05) is 36.4 Å². The van der Waals surface area contributed by atoms with Gasteiger partial charge in [-0.2, -0.15) is 0 Å². The van der Waals surface area contributed by atoms with Crippen molar-refractivity contribution in [2.45, 2.75) is 53.1 Å². The Morgan fingerprint density at radius 2 is 1.74 bits per heavy atom. The van der Waals surface area contributed by atoms with E-state index in [2.05, 4.69) is 82.3 Å². The van der Waals surface area contributed by atoms with Crippen molar-refractivity contribution in [3.63, 3.8) is 0 Å². The molecule has 0 saturated carbocycles. The first-order valence-corrected chi connectivity index (χ1v) is 13.8. The molecule has 200 valence electrons. The number of nitrogens with one attached hydrogen (secondary N) is 2. The highest BCUT2D eigenvalue weighted by atomic mass is 32.1. The predicted molar refractivity (Wildman–Crippen MR) is 161 cm³/mol. The average molecular weight is 538 g/mol. The van der Waals surface area contributed by atoms with Gasteiger partial charge >= 0.3 is 0 Å². The lowest BCUT2D eigenvalue weighted by atomic mass is 9.96. The van der Waals surface area contributed by atoms with Gasteiger partial charge in [-0.3, -0.25) is 9.78 Å². The maximum atomic E-state index is 13.1. The van der Waals surface area contributed by atoms with E-state index in [0.29, 0.717) is 18.1 Å². The van der Waals surface area contributed by atoms with E-state index in [4.69, 9.17) is 12.2 Å². The monoisotopic (exact) mass is 537 g/mol. The summed E-state index contributed by atoms with van der Waals surface area (Å²) in [5.74, 6) is -0.0306. The number of carbonyl (C=O) groups is 1. The fourth-order valence-electron chi connectivity index (χ4n) is 5.56. The molecular formula is C32H35N5OS. The van der Waals surface area contributed by atoms with Crippen molar-refractivity contribution in [3.8, 4) is 5.69 Å². The van der Waals surface area contributed by atoms with Crippen LogP contribution >= 0.6 is 12.2 Å². The number of carbonyl (C=O) groups excluding carboxylic acids is 1. The van der Waals surface area contributed by atoms with E-state index in [0.717, 1.165) is 33.9 Å². The molecule has 2 atom stereocenters. The van der Waals surface area contributed by atoms with Gasteiger partial charge in [0.15, 0.2) is 5.11 Å². The van der Waals surface area contributed by atoms with Crippen LogP contribution in [0, 0.1) is 34.6 Å². The zero-order valence-corrected chi connectivity index (χ0v) is 24.0. The average Bonchev–Trinajstić information content (AvgIpc) is 3.40. The first-order valence-electron chi connectivity index (χ1n) is 13.3. The van der Waals surface area contributed by atoms with Crippen molar-refractivity contribution in [1.29, 1.82) is 0 Å². The zero-order valence-electron chi connectivity index (χ0n) is 23.2. The maximum Gasteiger partial charge on any atom is 0.226 e. The Morgan fingerprint density at radius 1 is 0.974 bits per heavy atom. The fourth-order valence-corrected chi connectivity index (χ4v) is 5.89. The second-order valence-corrected chi connectivity index (χ2v) is 10.8. The molecule has 1 saturated heterocycles. The predicted octanol–water partition coefficient (Wildman–Crippen LogP) is 6.42. The number of thiocarbonyl (C=S) groups is 1. The van der Waals surface area contributed by atoms with Gasteiger partial charge < -0.3 is 20.1 Å². The van der Waals surface area contributed by atoms with Gasteiger partial charge in [0.05, 0.1) is 17.8 Å². The van der Waals surface area contributed by atoms with Crippen LogP contribution in [0.25, 0.3) is 5.69 Å². The molecule has 39 heavy (non-hydrogen) atoms. The van der Waals surface area contributed by atoms with Gasteiger partial charge in [0.25, 0.3) is 0 Å². The van der Waals surface area contributed by atoms with Crippen LogP contribution in [0.4, 0.5) is 5.69 Å². The van der Waals surface area contributed by atoms with Crippen LogP contribution in [0.1, 0.15) is 57.8 Å². The molecule has 2 aromatic heterocycles. The number of rotatable bonds is 7. The lowest BCUT2D eigenvalue weighted by Crippen LogP contribution is -2.33. The smallest absolute Gasteiger partial charge is 0.226 e. The normalized spacial score (nSPS) is 16.8. The van der Waals surface area contributed by atoms with E-state index in [1.807, 2.05) is 50.4 Å². The molecule has 1 aliphatic heterocycles. The molecule has 5 rings (SSSR count). The minimum atomic E-state index is -0.133. The van der Waals surface area contributed by atoms with Crippen molar-refractivity contribution < 1.29 is 4.79 Å². The molecule has 3 heterocycles. The third kappa shape index (κ3) is 5.32. The number of aromatic nitrogens is 2. The summed E-state index contributed by atoms with van der Waals surface area (Å²) < 4.78 is 2.31. The molecule has 0 bridgehead atoms. The Labute approximate surface area is 236 Å². The Kier molecular flexibility index (Phi) is 7.53. The highest BCUT2D eigenvalue weighted by Crippen LogP contribution is 2.41. The Hall–Kier alpha value is -3.97. The fraction of sp³-hybridized carbons (Fsp3) is 0.281. The molecule has 1 amide bonds. The Balaban J connectivity index is 1.48. The van der Waals surface area contributed by atoms with Crippen LogP contribution in [-0.4, -0.2) is 32.0 Å². The summed E-state index contributed by atoms with van der Waals surface area (Å²) in [6.45, 7) is 11.0. The number of nitrogens with zero attached hydrogens (tertiary/aromatic N) is 3. The summed E-state index contributed by atoms with van der Waals surface area (Å²) in [7, 11) is 0. The van der Waals surface area contributed by atoms with Gasteiger partial charge in [0, 0.05) is 41.9 Å². The van der Waals surface area contributed by atoms with Crippen molar-refractivity contribution in [2.24, 2.45) is 0 Å². The molecule has 7 heteroatoms. The highest BCUT2D eigenvalue weighted by molar-refractivity contribution is 7.80. The van der Waals surface area contributed by atoms with Gasteiger partial charge in [0.1, 0.15) is 0 Å². The topological polar surface area (TPSA) is 62.2 Å². The lowest BCUT2D eigenvalue weighted by molar-refractivity contribution is -0.116. The number of hydrogen-bond acceptors (Lipinski definition) is 3. The van der Waals surface area contributed by atoms with Crippen molar-refractivity contribution in [2.75, 3.05) is 11.9 Å². The molecule has 2 aromatic carbocycles. The van der Waals surface area contributed by atoms with Crippen LogP contribution in [0.5, 0.6) is 0 Å². The van der Waals surface area contributed by atoms with Crippen LogP contribution < -0.4 is 10.6 Å². The molecule has 0 radical (unpaired) electrons. The number of aryl methyl sites for hydroxylation is 4. The minimum absolute atomic E-state index is 0.0306. The molecular weight excluding hydrogens is 502 g/mol. The first-order chi connectivity index (χ1) is 18.7. The number of pyridine rings is 1. The number of benzene rings is 2. The molecule has 0 aliphatic carbocycles. The largest absolute Gasteiger partial charge is 0.352 e. The first kappa shape index (κ1) is 26.6. The Morgan fingerprint density at radius 3 is 2.49 bits per heavy atom. The van der Waals surface area contributed by atoms with E-state index in [1.54, 1.807) is 0 Å². The van der Waals surface area contributed by atoms with Crippen LogP contribution in [-0.2, 0) is 4.79 Å². The van der Waals surface area contributed by atoms with E-state index < -0.39 is 0 Å². The maximum absolute atomic E-state index is 13.1. The number of para-hydroxylation sites is 1. The highest BCUT2D eigenvalue weighted by Gasteiger charge is 2.41. The third-order valence-corrected chi connectivity index (χ3v) is 7.94. The van der Waals surface area contributed by atoms with Gasteiger partial charge in [-0.25, -0.2) is 0 Å². The number of hydrogen-bond donors (Lipinski definition) is 2. The minimum Gasteiger partial charge on any atom is -0.352 e. The van der Waals surface area contributed by atoms with Gasteiger partial charge in [0.2, 0.25) is 5.91 Å². The standard InChI is InChI=1S/C32H35N5OS/c1-20-13-14-21(2)27(18-20)34-29(38)15-17-36-31(30(35-32(36)39)26-11-8-9-16-33-26)25-19-23(4)37(24(25)5)28-12-7-6-10-22(28)3/h6-14,16,18-19,30-31H,15,17H2,1-5H3,(H,34,38)(H,35,39)/t30-,31+/m1/s1. The third-order valence-electron chi connectivity index (χ3n) is 7.59. The summed E-state index contributed by atoms with van der Waals surface area (Å²) in [6, 6.07) is 22.5. The molecule has 1 aliphatic rings. The summed E-state index contributed by atoms with van der Waals surface area (Å²) >= 11 is 5.86. The van der Waals surface area contributed by atoms with Crippen LogP contribution in [0.2, 0.25) is 0 Å². The molecule has 2 N–H and O–H groups in total. The van der Waals surface area contributed by atoms with Crippen molar-refractivity contribution in [3.05, 3.63) is 112 Å². The molecule has 0 unspecified atom stereocenters. The second-order valence-electron chi connectivity index (χ2n) is 10.4. The quantitative estimate of drug-likeness (QED) is 0.267. The van der Waals surface area contributed by atoms with Gasteiger partial charge in [-0.05, 0) is 99.4 Å². The summed E-state index contributed by atoms with van der Waals surface area (Å²) in [5, 5.41) is 7.25. The molecule has 4 aromatic rings. The van der Waals surface area contributed by atoms with Crippen molar-refractivity contribution in [1.82, 2.24) is 19.8 Å². The number of amides is 1. The lowest BCUT2D eigenvalue weighted by Gasteiger charge is -2.28. The Bertz CT molecular complexity index is 1530. The van der Waals surface area contributed by atoms with Crippen LogP contribution in [0.3, 0.4) is 0 Å². The zero-order chi connectivity index (χ0) is 27.7. The van der Waals surface area contributed by atoms with E-state index in [9.17, 15) is 4.79 Å². The SMILES string of the molecule is Cc1ccc(C)c(NC(=O)CCN2C(=S)N[C@H](c3ccccn3)[C@@H]2c2cc(C)n(-c3ccccc3C)c2C)c1. The van der Waals surface area contributed by atoms with Gasteiger partial charge in [-0.15, -0.1) is 0 Å². The summed E-state index contributed by atoms with van der Waals surface area (Å²) in [5.41, 5.74) is 9.81. The van der Waals surface area contributed by atoms with E-state index >= 15 is 0 Å². The summed E-state index contributed by atoms with van der Waals surface area (Å²) in [4.78, 5) is 19.9. The number of anilines is 1. The van der Waals surface area contributed by atoms with E-state index in [1.165, 1.54) is 16.8 Å².